The zero-order valence-corrected chi connectivity index (χ0v) is 14.4. The molecule has 26 heavy (non-hydrogen) atoms. The Morgan fingerprint density at radius 2 is 1.88 bits per heavy atom. The van der Waals surface area contributed by atoms with Crippen molar-refractivity contribution in [3.8, 4) is 0 Å². The van der Waals surface area contributed by atoms with Gasteiger partial charge in [-0.1, -0.05) is 24.3 Å². The number of benzene rings is 1. The molecule has 7 nitrogen and oxygen atoms in total. The van der Waals surface area contributed by atoms with Crippen LogP contribution in [-0.2, 0) is 0 Å². The first-order valence-electron chi connectivity index (χ1n) is 8.59. The minimum absolute atomic E-state index is 0.0596. The summed E-state index contributed by atoms with van der Waals surface area (Å²) in [6, 6.07) is 11.5. The van der Waals surface area contributed by atoms with Crippen molar-refractivity contribution in [2.75, 3.05) is 10.6 Å². The predicted molar refractivity (Wildman–Crippen MR) is 101 cm³/mol. The van der Waals surface area contributed by atoms with Crippen LogP contribution in [-0.4, -0.2) is 20.2 Å². The first-order valence-corrected chi connectivity index (χ1v) is 8.59. The van der Waals surface area contributed by atoms with Crippen LogP contribution >= 0.6 is 0 Å². The van der Waals surface area contributed by atoms with Crippen LogP contribution in [0.4, 0.5) is 23.1 Å². The van der Waals surface area contributed by atoms with E-state index in [1.165, 1.54) is 24.9 Å². The van der Waals surface area contributed by atoms with E-state index in [-0.39, 0.29) is 6.04 Å². The molecule has 1 atom stereocenters. The van der Waals surface area contributed by atoms with Gasteiger partial charge in [-0.15, -0.1) is 0 Å². The SMILES string of the molecule is [C-]#[N+]c1ccc(C(C)Nc2cc(Nc3cc(C4CC4)[nH]n3)ncn2)cc1. The second kappa shape index (κ2) is 6.84. The molecule has 1 aliphatic rings. The Bertz CT molecular complexity index is 935. The molecule has 1 fully saturated rings. The van der Waals surface area contributed by atoms with Gasteiger partial charge in [0.25, 0.3) is 0 Å². The van der Waals surface area contributed by atoms with Crippen LogP contribution in [0.3, 0.4) is 0 Å². The third-order valence-electron chi connectivity index (χ3n) is 4.42. The van der Waals surface area contributed by atoms with Crippen molar-refractivity contribution in [1.29, 1.82) is 0 Å². The Kier molecular flexibility index (Phi) is 4.23. The van der Waals surface area contributed by atoms with Gasteiger partial charge in [0.05, 0.1) is 6.57 Å². The molecule has 1 aromatic carbocycles. The molecule has 130 valence electrons. The van der Waals surface area contributed by atoms with Crippen molar-refractivity contribution < 1.29 is 0 Å². The van der Waals surface area contributed by atoms with Gasteiger partial charge in [0.1, 0.15) is 18.0 Å². The molecular formula is C19H19N7. The lowest BCUT2D eigenvalue weighted by Crippen LogP contribution is -2.08. The number of hydrogen-bond donors (Lipinski definition) is 3. The number of hydrogen-bond acceptors (Lipinski definition) is 5. The second-order valence-corrected chi connectivity index (χ2v) is 6.47. The number of anilines is 3. The zero-order chi connectivity index (χ0) is 17.9. The Morgan fingerprint density at radius 1 is 1.12 bits per heavy atom. The van der Waals surface area contributed by atoms with Gasteiger partial charge < -0.3 is 10.6 Å². The molecule has 0 radical (unpaired) electrons. The molecule has 7 heteroatoms. The summed E-state index contributed by atoms with van der Waals surface area (Å²) in [4.78, 5) is 12.0. The number of aromatic nitrogens is 4. The van der Waals surface area contributed by atoms with Crippen LogP contribution in [0.2, 0.25) is 0 Å². The van der Waals surface area contributed by atoms with Gasteiger partial charge in [-0.2, -0.15) is 5.10 Å². The lowest BCUT2D eigenvalue weighted by atomic mass is 10.1. The van der Waals surface area contributed by atoms with E-state index in [1.807, 2.05) is 36.4 Å². The van der Waals surface area contributed by atoms with E-state index < -0.39 is 0 Å². The first kappa shape index (κ1) is 16.1. The lowest BCUT2D eigenvalue weighted by molar-refractivity contribution is 0.872. The molecular weight excluding hydrogens is 326 g/mol. The molecule has 3 N–H and O–H groups in total. The molecule has 0 saturated heterocycles. The zero-order valence-electron chi connectivity index (χ0n) is 14.4. The topological polar surface area (TPSA) is 82.9 Å². The molecule has 0 spiro atoms. The van der Waals surface area contributed by atoms with E-state index >= 15 is 0 Å². The Morgan fingerprint density at radius 3 is 2.62 bits per heavy atom. The standard InChI is InChI=1S/C19H19N7/c1-12(13-5-7-15(20-2)8-6-13)23-17-10-18(22-11-21-17)24-19-9-16(25-26-19)14-3-4-14/h5-12,14H,3-4H2,1H3,(H3,21,22,23,24,25,26). The van der Waals surface area contributed by atoms with Crippen LogP contribution in [0.5, 0.6) is 0 Å². The van der Waals surface area contributed by atoms with E-state index in [1.54, 1.807) is 0 Å². The Labute approximate surface area is 151 Å². The van der Waals surface area contributed by atoms with Crippen molar-refractivity contribution in [1.82, 2.24) is 20.2 Å². The van der Waals surface area contributed by atoms with Crippen molar-refractivity contribution in [2.45, 2.75) is 31.7 Å². The van der Waals surface area contributed by atoms with Crippen LogP contribution in [0.25, 0.3) is 4.85 Å². The van der Waals surface area contributed by atoms with Crippen molar-refractivity contribution >= 4 is 23.1 Å². The number of H-pyrrole nitrogens is 1. The van der Waals surface area contributed by atoms with Crippen LogP contribution < -0.4 is 10.6 Å². The molecule has 2 heterocycles. The van der Waals surface area contributed by atoms with Gasteiger partial charge in [-0.3, -0.25) is 5.10 Å². The molecule has 1 unspecified atom stereocenters. The fourth-order valence-electron chi connectivity index (χ4n) is 2.78. The number of nitrogens with zero attached hydrogens (tertiary/aromatic N) is 4. The Hall–Kier alpha value is -3.40. The molecule has 4 rings (SSSR count). The highest BCUT2D eigenvalue weighted by atomic mass is 15.2. The van der Waals surface area contributed by atoms with Crippen LogP contribution in [0, 0.1) is 6.57 Å². The molecule has 0 aliphatic heterocycles. The average molecular weight is 345 g/mol. The van der Waals surface area contributed by atoms with Gasteiger partial charge in [0.15, 0.2) is 11.5 Å². The maximum absolute atomic E-state index is 7.02. The van der Waals surface area contributed by atoms with E-state index in [9.17, 15) is 0 Å². The summed E-state index contributed by atoms with van der Waals surface area (Å²) in [6.45, 7) is 9.08. The largest absolute Gasteiger partial charge is 0.363 e. The maximum atomic E-state index is 7.02. The van der Waals surface area contributed by atoms with E-state index in [0.29, 0.717) is 17.4 Å². The third-order valence-corrected chi connectivity index (χ3v) is 4.42. The smallest absolute Gasteiger partial charge is 0.187 e. The fourth-order valence-corrected chi connectivity index (χ4v) is 2.78. The quantitative estimate of drug-likeness (QED) is 0.571. The van der Waals surface area contributed by atoms with Gasteiger partial charge in [-0.05, 0) is 25.3 Å². The van der Waals surface area contributed by atoms with E-state index in [0.717, 1.165) is 17.2 Å². The predicted octanol–water partition coefficient (Wildman–Crippen LogP) is 4.54. The molecule has 3 aromatic rings. The summed E-state index contributed by atoms with van der Waals surface area (Å²) >= 11 is 0. The summed E-state index contributed by atoms with van der Waals surface area (Å²) < 4.78 is 0. The number of rotatable bonds is 6. The van der Waals surface area contributed by atoms with Crippen LogP contribution in [0.1, 0.15) is 43.0 Å². The average Bonchev–Trinajstić information content (AvgIpc) is 3.42. The number of nitrogens with one attached hydrogen (secondary N) is 3. The highest BCUT2D eigenvalue weighted by Gasteiger charge is 2.25. The highest BCUT2D eigenvalue weighted by molar-refractivity contribution is 5.56. The van der Waals surface area contributed by atoms with E-state index in [2.05, 4.69) is 42.6 Å². The summed E-state index contributed by atoms with van der Waals surface area (Å²) in [6.07, 6.45) is 3.99. The molecule has 0 bridgehead atoms. The molecule has 0 amide bonds. The van der Waals surface area contributed by atoms with Gasteiger partial charge in [-0.25, -0.2) is 14.8 Å². The fraction of sp³-hybridized carbons (Fsp3) is 0.263. The summed E-state index contributed by atoms with van der Waals surface area (Å²) in [7, 11) is 0. The molecule has 1 saturated carbocycles. The van der Waals surface area contributed by atoms with Crippen molar-refractivity contribution in [2.24, 2.45) is 0 Å². The highest BCUT2D eigenvalue weighted by Crippen LogP contribution is 2.39. The number of aromatic amines is 1. The van der Waals surface area contributed by atoms with Gasteiger partial charge >= 0.3 is 0 Å². The van der Waals surface area contributed by atoms with Crippen molar-refractivity contribution in [3.05, 3.63) is 65.4 Å². The summed E-state index contributed by atoms with van der Waals surface area (Å²) in [5, 5.41) is 13.9. The Balaban J connectivity index is 1.43. The van der Waals surface area contributed by atoms with Crippen molar-refractivity contribution in [3.63, 3.8) is 0 Å². The van der Waals surface area contributed by atoms with E-state index in [4.69, 9.17) is 6.57 Å². The first-order chi connectivity index (χ1) is 12.7. The maximum Gasteiger partial charge on any atom is 0.187 e. The second-order valence-electron chi connectivity index (χ2n) is 6.47. The monoisotopic (exact) mass is 345 g/mol. The normalized spacial score (nSPS) is 14.5. The minimum atomic E-state index is 0.0596. The van der Waals surface area contributed by atoms with Gasteiger partial charge in [0, 0.05) is 29.8 Å². The summed E-state index contributed by atoms with van der Waals surface area (Å²) in [5.41, 5.74) is 2.90. The lowest BCUT2D eigenvalue weighted by Gasteiger charge is -2.15. The van der Waals surface area contributed by atoms with Crippen LogP contribution in [0.15, 0.2) is 42.7 Å². The third kappa shape index (κ3) is 3.64. The van der Waals surface area contributed by atoms with Gasteiger partial charge in [0.2, 0.25) is 0 Å². The molecule has 2 aromatic heterocycles. The summed E-state index contributed by atoms with van der Waals surface area (Å²) in [5.74, 6) is 2.81. The molecule has 1 aliphatic carbocycles. The minimum Gasteiger partial charge on any atom is -0.363 e.